The lowest BCUT2D eigenvalue weighted by atomic mass is 9.93. The van der Waals surface area contributed by atoms with Crippen LogP contribution in [0.4, 0.5) is 0 Å². The number of aliphatic hydroxyl groups is 1. The predicted octanol–water partition coefficient (Wildman–Crippen LogP) is 0.239. The van der Waals surface area contributed by atoms with Crippen molar-refractivity contribution in [3.8, 4) is 0 Å². The van der Waals surface area contributed by atoms with Crippen LogP contribution in [0.25, 0.3) is 0 Å². The van der Waals surface area contributed by atoms with E-state index >= 15 is 0 Å². The summed E-state index contributed by atoms with van der Waals surface area (Å²) < 4.78 is 0. The van der Waals surface area contributed by atoms with Gasteiger partial charge in [-0.3, -0.25) is 4.79 Å². The second kappa shape index (κ2) is 3.27. The molecule has 1 aliphatic rings. The summed E-state index contributed by atoms with van der Waals surface area (Å²) in [7, 11) is 0. The molecule has 0 amide bonds. The Bertz CT molecular complexity index is 153. The molecule has 0 aliphatic heterocycles. The highest BCUT2D eigenvalue weighted by molar-refractivity contribution is 5.86. The van der Waals surface area contributed by atoms with Gasteiger partial charge in [0.1, 0.15) is 0 Å². The first-order chi connectivity index (χ1) is 5.19. The molecule has 0 bridgehead atoms. The van der Waals surface area contributed by atoms with E-state index in [0.717, 1.165) is 6.42 Å². The predicted molar refractivity (Wildman–Crippen MR) is 33.2 cm³/mol. The molecule has 2 N–H and O–H groups in total. The standard InChI is InChI=1S/C6H10O5/c7-5-3-1-2-4-6(5,8)10-11-9/h8-9H,1-4H2. The zero-order chi connectivity index (χ0) is 8.32. The first kappa shape index (κ1) is 8.61. The summed E-state index contributed by atoms with van der Waals surface area (Å²) >= 11 is 0. The third kappa shape index (κ3) is 1.75. The van der Waals surface area contributed by atoms with Crippen LogP contribution < -0.4 is 0 Å². The molecule has 64 valence electrons. The SMILES string of the molecule is O=C1CCCCC1(O)OOO. The minimum atomic E-state index is -1.92. The molecule has 5 heteroatoms. The number of rotatable bonds is 2. The van der Waals surface area contributed by atoms with Crippen LogP contribution in [0.15, 0.2) is 0 Å². The Labute approximate surface area is 63.4 Å². The Hall–Kier alpha value is -0.490. The quantitative estimate of drug-likeness (QED) is 0.345. The van der Waals surface area contributed by atoms with Crippen molar-refractivity contribution >= 4 is 5.78 Å². The minimum Gasteiger partial charge on any atom is -0.357 e. The molecule has 0 aromatic carbocycles. The molecule has 1 rings (SSSR count). The van der Waals surface area contributed by atoms with E-state index < -0.39 is 11.6 Å². The molecule has 0 saturated heterocycles. The van der Waals surface area contributed by atoms with Crippen molar-refractivity contribution in [2.45, 2.75) is 31.5 Å². The molecule has 1 unspecified atom stereocenters. The molecule has 0 radical (unpaired) electrons. The number of ketones is 1. The summed E-state index contributed by atoms with van der Waals surface area (Å²) in [5, 5.41) is 20.4. The van der Waals surface area contributed by atoms with Gasteiger partial charge in [0.05, 0.1) is 0 Å². The lowest BCUT2D eigenvalue weighted by Gasteiger charge is -2.26. The molecular formula is C6H10O5. The van der Waals surface area contributed by atoms with E-state index in [0.29, 0.717) is 6.42 Å². The van der Waals surface area contributed by atoms with Crippen molar-refractivity contribution in [2.24, 2.45) is 0 Å². The lowest BCUT2D eigenvalue weighted by Crippen LogP contribution is -2.43. The minimum absolute atomic E-state index is 0.173. The molecule has 0 aromatic rings. The maximum Gasteiger partial charge on any atom is 0.261 e. The number of carbonyl (C=O) groups is 1. The summed E-state index contributed by atoms with van der Waals surface area (Å²) in [4.78, 5) is 15.0. The third-order valence-corrected chi connectivity index (χ3v) is 1.78. The van der Waals surface area contributed by atoms with Crippen LogP contribution in [0.3, 0.4) is 0 Å². The topological polar surface area (TPSA) is 76.0 Å². The monoisotopic (exact) mass is 162 g/mol. The first-order valence-electron chi connectivity index (χ1n) is 3.44. The fourth-order valence-electron chi connectivity index (χ4n) is 1.13. The van der Waals surface area contributed by atoms with Gasteiger partial charge in [-0.2, -0.15) is 4.89 Å². The van der Waals surface area contributed by atoms with E-state index in [9.17, 15) is 9.90 Å². The highest BCUT2D eigenvalue weighted by Gasteiger charge is 2.40. The van der Waals surface area contributed by atoms with Crippen molar-refractivity contribution in [3.63, 3.8) is 0 Å². The molecule has 0 aromatic heterocycles. The normalized spacial score (nSPS) is 32.4. The van der Waals surface area contributed by atoms with Gasteiger partial charge < -0.3 is 5.11 Å². The number of hydrogen-bond acceptors (Lipinski definition) is 5. The summed E-state index contributed by atoms with van der Waals surface area (Å²) in [6.45, 7) is 0. The molecule has 0 heterocycles. The maximum atomic E-state index is 10.9. The van der Waals surface area contributed by atoms with Gasteiger partial charge in [-0.05, 0) is 12.8 Å². The van der Waals surface area contributed by atoms with E-state index in [1.54, 1.807) is 0 Å². The fourth-order valence-corrected chi connectivity index (χ4v) is 1.13. The van der Waals surface area contributed by atoms with Gasteiger partial charge in [-0.15, -0.1) is 0 Å². The first-order valence-corrected chi connectivity index (χ1v) is 3.44. The molecule has 1 fully saturated rings. The van der Waals surface area contributed by atoms with Gasteiger partial charge in [0, 0.05) is 12.8 Å². The number of Topliss-reactive ketones (excluding diaryl/α,β-unsaturated/α-hetero) is 1. The van der Waals surface area contributed by atoms with E-state index in [1.165, 1.54) is 0 Å². The molecule has 1 aliphatic carbocycles. The largest absolute Gasteiger partial charge is 0.357 e. The highest BCUT2D eigenvalue weighted by atomic mass is 17.5. The molecule has 1 atom stereocenters. The summed E-state index contributed by atoms with van der Waals surface area (Å²) in [6, 6.07) is 0. The van der Waals surface area contributed by atoms with Crippen LogP contribution in [0.1, 0.15) is 25.7 Å². The van der Waals surface area contributed by atoms with Crippen molar-refractivity contribution in [1.82, 2.24) is 0 Å². The van der Waals surface area contributed by atoms with E-state index in [4.69, 9.17) is 5.26 Å². The molecule has 0 spiro atoms. The average molecular weight is 162 g/mol. The summed E-state index contributed by atoms with van der Waals surface area (Å²) in [5.41, 5.74) is 0. The van der Waals surface area contributed by atoms with E-state index in [1.807, 2.05) is 0 Å². The average Bonchev–Trinajstić information content (AvgIpc) is 1.96. The van der Waals surface area contributed by atoms with Crippen LogP contribution in [0.5, 0.6) is 0 Å². The van der Waals surface area contributed by atoms with Crippen molar-refractivity contribution < 1.29 is 25.1 Å². The smallest absolute Gasteiger partial charge is 0.261 e. The molecule has 1 saturated carbocycles. The van der Waals surface area contributed by atoms with Crippen molar-refractivity contribution in [1.29, 1.82) is 0 Å². The van der Waals surface area contributed by atoms with Crippen LogP contribution in [0.2, 0.25) is 0 Å². The molecular weight excluding hydrogens is 152 g/mol. The Morgan fingerprint density at radius 1 is 1.45 bits per heavy atom. The second-order valence-corrected chi connectivity index (χ2v) is 2.57. The zero-order valence-electron chi connectivity index (χ0n) is 5.95. The van der Waals surface area contributed by atoms with Crippen LogP contribution >= 0.6 is 0 Å². The Morgan fingerprint density at radius 2 is 2.18 bits per heavy atom. The maximum absolute atomic E-state index is 10.9. The number of carbonyl (C=O) groups excluding carboxylic acids is 1. The Kier molecular flexibility index (Phi) is 2.56. The van der Waals surface area contributed by atoms with Gasteiger partial charge in [-0.25, -0.2) is 5.26 Å². The summed E-state index contributed by atoms with van der Waals surface area (Å²) in [5.74, 6) is -2.37. The van der Waals surface area contributed by atoms with E-state index in [2.05, 4.69) is 9.93 Å². The molecule has 5 nitrogen and oxygen atoms in total. The van der Waals surface area contributed by atoms with E-state index in [-0.39, 0.29) is 12.8 Å². The van der Waals surface area contributed by atoms with Gasteiger partial charge in [0.25, 0.3) is 5.79 Å². The zero-order valence-corrected chi connectivity index (χ0v) is 5.95. The number of hydrogen-bond donors (Lipinski definition) is 2. The van der Waals surface area contributed by atoms with Crippen molar-refractivity contribution in [2.75, 3.05) is 0 Å². The van der Waals surface area contributed by atoms with Gasteiger partial charge in [-0.1, -0.05) is 5.04 Å². The van der Waals surface area contributed by atoms with Crippen LogP contribution in [0, 0.1) is 0 Å². The second-order valence-electron chi connectivity index (χ2n) is 2.57. The van der Waals surface area contributed by atoms with Gasteiger partial charge in [0.15, 0.2) is 5.78 Å². The van der Waals surface area contributed by atoms with Crippen LogP contribution in [-0.2, 0) is 14.7 Å². The molecule has 11 heavy (non-hydrogen) atoms. The Balaban J connectivity index is 2.57. The lowest BCUT2D eigenvalue weighted by molar-refractivity contribution is -0.544. The highest BCUT2D eigenvalue weighted by Crippen LogP contribution is 2.25. The van der Waals surface area contributed by atoms with Crippen LogP contribution in [-0.4, -0.2) is 21.9 Å². The van der Waals surface area contributed by atoms with Gasteiger partial charge in [0.2, 0.25) is 0 Å². The van der Waals surface area contributed by atoms with Gasteiger partial charge >= 0.3 is 0 Å². The fraction of sp³-hybridized carbons (Fsp3) is 0.833. The van der Waals surface area contributed by atoms with Crippen molar-refractivity contribution in [3.05, 3.63) is 0 Å². The summed E-state index contributed by atoms with van der Waals surface area (Å²) in [6.07, 6.45) is 1.87. The third-order valence-electron chi connectivity index (χ3n) is 1.78. The Morgan fingerprint density at radius 3 is 2.73 bits per heavy atom.